The van der Waals surface area contributed by atoms with Gasteiger partial charge < -0.3 is 10.8 Å². The number of carbonyl (C=O) groups excluding carboxylic acids is 2. The summed E-state index contributed by atoms with van der Waals surface area (Å²) < 4.78 is 0. The van der Waals surface area contributed by atoms with E-state index in [0.29, 0.717) is 5.56 Å². The van der Waals surface area contributed by atoms with Crippen molar-refractivity contribution < 1.29 is 14.7 Å². The van der Waals surface area contributed by atoms with Gasteiger partial charge in [0, 0.05) is 0 Å². The van der Waals surface area contributed by atoms with E-state index in [1.807, 2.05) is 0 Å². The van der Waals surface area contributed by atoms with Crippen LogP contribution in [0, 0.1) is 0 Å². The van der Waals surface area contributed by atoms with Crippen molar-refractivity contribution in [2.75, 3.05) is 0 Å². The molecule has 14 heavy (non-hydrogen) atoms. The summed E-state index contributed by atoms with van der Waals surface area (Å²) in [6.07, 6.45) is -1.37. The van der Waals surface area contributed by atoms with Crippen LogP contribution in [0.2, 0.25) is 0 Å². The molecule has 0 bridgehead atoms. The van der Waals surface area contributed by atoms with Gasteiger partial charge >= 0.3 is 6.03 Å². The Kier molecular flexibility index (Phi) is 3.19. The third kappa shape index (κ3) is 2.56. The third-order valence-electron chi connectivity index (χ3n) is 1.61. The Bertz CT molecular complexity index is 337. The van der Waals surface area contributed by atoms with Crippen molar-refractivity contribution in [2.45, 2.75) is 6.10 Å². The molecule has 0 aliphatic heterocycles. The predicted molar refractivity (Wildman–Crippen MR) is 49.1 cm³/mol. The molecule has 4 N–H and O–H groups in total. The Hall–Kier alpha value is -1.88. The lowest BCUT2D eigenvalue weighted by Gasteiger charge is -2.08. The SMILES string of the molecule is NC(=O)NC(=O)C(O)c1ccccc1. The maximum atomic E-state index is 11.1. The van der Waals surface area contributed by atoms with Gasteiger partial charge in [0.25, 0.3) is 5.91 Å². The molecular formula is C9H10N2O3. The summed E-state index contributed by atoms with van der Waals surface area (Å²) in [6.45, 7) is 0. The zero-order valence-electron chi connectivity index (χ0n) is 7.31. The highest BCUT2D eigenvalue weighted by molar-refractivity contribution is 5.96. The number of benzene rings is 1. The molecule has 5 heteroatoms. The van der Waals surface area contributed by atoms with Crippen molar-refractivity contribution in [1.29, 1.82) is 0 Å². The third-order valence-corrected chi connectivity index (χ3v) is 1.61. The number of amides is 3. The summed E-state index contributed by atoms with van der Waals surface area (Å²) in [6, 6.07) is 7.27. The second-order valence-corrected chi connectivity index (χ2v) is 2.67. The van der Waals surface area contributed by atoms with E-state index in [9.17, 15) is 14.7 Å². The maximum Gasteiger partial charge on any atom is 0.318 e. The van der Waals surface area contributed by atoms with Gasteiger partial charge in [-0.15, -0.1) is 0 Å². The second-order valence-electron chi connectivity index (χ2n) is 2.67. The van der Waals surface area contributed by atoms with Crippen molar-refractivity contribution in [3.05, 3.63) is 35.9 Å². The zero-order chi connectivity index (χ0) is 10.6. The first-order chi connectivity index (χ1) is 6.61. The topological polar surface area (TPSA) is 92.4 Å². The van der Waals surface area contributed by atoms with Crippen LogP contribution in [0.5, 0.6) is 0 Å². The monoisotopic (exact) mass is 194 g/mol. The Morgan fingerprint density at radius 1 is 1.29 bits per heavy atom. The summed E-state index contributed by atoms with van der Waals surface area (Å²) in [5, 5.41) is 11.2. The molecule has 1 rings (SSSR count). The molecule has 1 aromatic rings. The molecule has 1 aromatic carbocycles. The predicted octanol–water partition coefficient (Wildman–Crippen LogP) is -0.0851. The molecule has 3 amide bonds. The normalized spacial score (nSPS) is 11.8. The van der Waals surface area contributed by atoms with E-state index in [-0.39, 0.29) is 0 Å². The van der Waals surface area contributed by atoms with Crippen LogP contribution >= 0.6 is 0 Å². The van der Waals surface area contributed by atoms with E-state index in [1.165, 1.54) is 0 Å². The van der Waals surface area contributed by atoms with Crippen LogP contribution in [0.25, 0.3) is 0 Å². The van der Waals surface area contributed by atoms with Gasteiger partial charge in [0.05, 0.1) is 0 Å². The van der Waals surface area contributed by atoms with E-state index in [1.54, 1.807) is 35.6 Å². The van der Waals surface area contributed by atoms with Crippen LogP contribution in [0.15, 0.2) is 30.3 Å². The standard InChI is InChI=1S/C9H10N2O3/c10-9(14)11-8(13)7(12)6-4-2-1-3-5-6/h1-5,7,12H,(H3,10,11,13,14). The Balaban J connectivity index is 2.71. The number of rotatable bonds is 2. The van der Waals surface area contributed by atoms with Crippen molar-refractivity contribution in [3.8, 4) is 0 Å². The van der Waals surface area contributed by atoms with E-state index in [2.05, 4.69) is 0 Å². The number of hydrogen-bond donors (Lipinski definition) is 3. The lowest BCUT2D eigenvalue weighted by molar-refractivity contribution is -0.128. The van der Waals surface area contributed by atoms with Gasteiger partial charge in [0.2, 0.25) is 0 Å². The molecule has 0 aliphatic rings. The molecule has 1 atom stereocenters. The zero-order valence-corrected chi connectivity index (χ0v) is 7.31. The van der Waals surface area contributed by atoms with Crippen LogP contribution in [0.1, 0.15) is 11.7 Å². The van der Waals surface area contributed by atoms with Gasteiger partial charge in [0.15, 0.2) is 6.10 Å². The van der Waals surface area contributed by atoms with Gasteiger partial charge in [-0.05, 0) is 5.56 Å². The molecule has 5 nitrogen and oxygen atoms in total. The molecule has 0 aromatic heterocycles. The van der Waals surface area contributed by atoms with Crippen molar-refractivity contribution in [3.63, 3.8) is 0 Å². The fourth-order valence-corrected chi connectivity index (χ4v) is 0.976. The first kappa shape index (κ1) is 10.2. The molecule has 0 heterocycles. The molecule has 0 aliphatic carbocycles. The molecule has 0 fully saturated rings. The first-order valence-corrected chi connectivity index (χ1v) is 3.94. The van der Waals surface area contributed by atoms with Gasteiger partial charge in [-0.2, -0.15) is 0 Å². The largest absolute Gasteiger partial charge is 0.378 e. The minimum Gasteiger partial charge on any atom is -0.378 e. The highest BCUT2D eigenvalue weighted by Gasteiger charge is 2.17. The Morgan fingerprint density at radius 2 is 1.86 bits per heavy atom. The Labute approximate surface area is 80.5 Å². The van der Waals surface area contributed by atoms with E-state index in [0.717, 1.165) is 0 Å². The maximum absolute atomic E-state index is 11.1. The quantitative estimate of drug-likeness (QED) is 0.614. The van der Waals surface area contributed by atoms with Gasteiger partial charge in [-0.25, -0.2) is 4.79 Å². The number of imide groups is 1. The highest BCUT2D eigenvalue weighted by Crippen LogP contribution is 2.11. The minimum absolute atomic E-state index is 0.409. The highest BCUT2D eigenvalue weighted by atomic mass is 16.3. The summed E-state index contributed by atoms with van der Waals surface area (Å²) in [4.78, 5) is 21.4. The minimum atomic E-state index is -1.37. The molecule has 0 spiro atoms. The second kappa shape index (κ2) is 4.38. The van der Waals surface area contributed by atoms with Crippen LogP contribution in [-0.4, -0.2) is 17.0 Å². The first-order valence-electron chi connectivity index (χ1n) is 3.94. The van der Waals surface area contributed by atoms with E-state index >= 15 is 0 Å². The number of urea groups is 1. The number of nitrogens with one attached hydrogen (secondary N) is 1. The van der Waals surface area contributed by atoms with E-state index in [4.69, 9.17) is 5.73 Å². The Morgan fingerprint density at radius 3 is 2.36 bits per heavy atom. The number of carbonyl (C=O) groups is 2. The number of nitrogens with two attached hydrogens (primary N) is 1. The van der Waals surface area contributed by atoms with Crippen LogP contribution < -0.4 is 11.1 Å². The molecule has 0 saturated carbocycles. The van der Waals surface area contributed by atoms with Crippen LogP contribution in [0.4, 0.5) is 4.79 Å². The van der Waals surface area contributed by atoms with Crippen LogP contribution in [-0.2, 0) is 4.79 Å². The van der Waals surface area contributed by atoms with Crippen LogP contribution in [0.3, 0.4) is 0 Å². The molecule has 0 radical (unpaired) electrons. The number of aliphatic hydroxyl groups excluding tert-OH is 1. The molecule has 0 saturated heterocycles. The van der Waals surface area contributed by atoms with Gasteiger partial charge in [0.1, 0.15) is 0 Å². The summed E-state index contributed by atoms with van der Waals surface area (Å²) >= 11 is 0. The van der Waals surface area contributed by atoms with Crippen molar-refractivity contribution in [1.82, 2.24) is 5.32 Å². The van der Waals surface area contributed by atoms with E-state index < -0.39 is 18.0 Å². The lowest BCUT2D eigenvalue weighted by atomic mass is 10.1. The van der Waals surface area contributed by atoms with Gasteiger partial charge in [-0.3, -0.25) is 10.1 Å². The summed E-state index contributed by atoms with van der Waals surface area (Å²) in [7, 11) is 0. The lowest BCUT2D eigenvalue weighted by Crippen LogP contribution is -2.38. The smallest absolute Gasteiger partial charge is 0.318 e. The summed E-state index contributed by atoms with van der Waals surface area (Å²) in [5.41, 5.74) is 5.14. The number of primary amides is 1. The average molecular weight is 194 g/mol. The fraction of sp³-hybridized carbons (Fsp3) is 0.111. The number of aliphatic hydroxyl groups is 1. The number of hydrogen-bond acceptors (Lipinski definition) is 3. The fourth-order valence-electron chi connectivity index (χ4n) is 0.976. The van der Waals surface area contributed by atoms with Crippen molar-refractivity contribution in [2.24, 2.45) is 5.73 Å². The van der Waals surface area contributed by atoms with Crippen molar-refractivity contribution >= 4 is 11.9 Å². The molecular weight excluding hydrogens is 184 g/mol. The van der Waals surface area contributed by atoms with Gasteiger partial charge in [-0.1, -0.05) is 30.3 Å². The molecule has 1 unspecified atom stereocenters. The average Bonchev–Trinajstić information content (AvgIpc) is 2.17. The molecule has 74 valence electrons. The summed E-state index contributed by atoms with van der Waals surface area (Å²) in [5.74, 6) is -0.830.